The monoisotopic (exact) mass is 292 g/mol. The first-order valence-electron chi connectivity index (χ1n) is 7.53. The van der Waals surface area contributed by atoms with Gasteiger partial charge in [-0.1, -0.05) is 6.07 Å². The number of benzene rings is 1. The molecule has 0 radical (unpaired) electrons. The summed E-state index contributed by atoms with van der Waals surface area (Å²) >= 11 is 0. The maximum Gasteiger partial charge on any atom is 0.219 e. The molecule has 1 aromatic carbocycles. The van der Waals surface area contributed by atoms with Crippen LogP contribution in [0, 0.1) is 0 Å². The fourth-order valence-electron chi connectivity index (χ4n) is 2.60. The Balaban J connectivity index is 1.83. The highest BCUT2D eigenvalue weighted by Crippen LogP contribution is 2.26. The van der Waals surface area contributed by atoms with Crippen LogP contribution in [0.25, 0.3) is 0 Å². The Morgan fingerprint density at radius 3 is 2.76 bits per heavy atom. The van der Waals surface area contributed by atoms with Gasteiger partial charge in [0.1, 0.15) is 0 Å². The maximum atomic E-state index is 11.3. The molecule has 116 valence electrons. The molecule has 5 nitrogen and oxygen atoms in total. The molecule has 1 aliphatic rings. The van der Waals surface area contributed by atoms with Crippen LogP contribution in [0.4, 0.5) is 0 Å². The number of hydrogen-bond acceptors (Lipinski definition) is 4. The minimum Gasteiger partial charge on any atom is -0.504 e. The molecule has 0 unspecified atom stereocenters. The second-order valence-corrected chi connectivity index (χ2v) is 5.40. The number of phenolic OH excluding ortho intramolecular Hbond substituents is 1. The molecule has 0 aliphatic carbocycles. The van der Waals surface area contributed by atoms with Gasteiger partial charge < -0.3 is 20.1 Å². The normalized spacial score (nSPS) is 16.0. The van der Waals surface area contributed by atoms with E-state index in [-0.39, 0.29) is 11.7 Å². The summed E-state index contributed by atoms with van der Waals surface area (Å²) in [7, 11) is 0. The quantitative estimate of drug-likeness (QED) is 0.870. The SMILES string of the molecule is CCOc1cc(CNC2CCN(C(C)=O)CC2)ccc1O. The van der Waals surface area contributed by atoms with E-state index in [1.54, 1.807) is 13.0 Å². The third kappa shape index (κ3) is 4.36. The fraction of sp³-hybridized carbons (Fsp3) is 0.562. The van der Waals surface area contributed by atoms with E-state index in [1.165, 1.54) is 0 Å². The lowest BCUT2D eigenvalue weighted by atomic mass is 10.0. The molecule has 1 fully saturated rings. The van der Waals surface area contributed by atoms with Crippen LogP contribution >= 0.6 is 0 Å². The zero-order valence-electron chi connectivity index (χ0n) is 12.8. The number of phenols is 1. The number of carbonyl (C=O) groups is 1. The number of amides is 1. The van der Waals surface area contributed by atoms with Crippen molar-refractivity contribution in [3.8, 4) is 11.5 Å². The fourth-order valence-corrected chi connectivity index (χ4v) is 2.60. The Bertz CT molecular complexity index is 482. The Kier molecular flexibility index (Phi) is 5.44. The van der Waals surface area contributed by atoms with Gasteiger partial charge in [0.15, 0.2) is 11.5 Å². The molecule has 5 heteroatoms. The Labute approximate surface area is 125 Å². The number of piperidine rings is 1. The van der Waals surface area contributed by atoms with Crippen molar-refractivity contribution in [2.24, 2.45) is 0 Å². The topological polar surface area (TPSA) is 61.8 Å². The zero-order chi connectivity index (χ0) is 15.2. The van der Waals surface area contributed by atoms with Gasteiger partial charge in [-0.2, -0.15) is 0 Å². The lowest BCUT2D eigenvalue weighted by Gasteiger charge is -2.31. The molecule has 21 heavy (non-hydrogen) atoms. The number of ether oxygens (including phenoxy) is 1. The molecule has 1 amide bonds. The summed E-state index contributed by atoms with van der Waals surface area (Å²) in [5, 5.41) is 13.2. The number of likely N-dealkylation sites (tertiary alicyclic amines) is 1. The molecular weight excluding hydrogens is 268 g/mol. The van der Waals surface area contributed by atoms with Gasteiger partial charge in [0, 0.05) is 32.6 Å². The molecular formula is C16H24N2O3. The van der Waals surface area contributed by atoms with Crippen molar-refractivity contribution in [2.75, 3.05) is 19.7 Å². The van der Waals surface area contributed by atoms with Gasteiger partial charge in [0.25, 0.3) is 0 Å². The van der Waals surface area contributed by atoms with E-state index < -0.39 is 0 Å². The van der Waals surface area contributed by atoms with E-state index >= 15 is 0 Å². The third-order valence-electron chi connectivity index (χ3n) is 3.86. The molecule has 1 aromatic rings. The highest BCUT2D eigenvalue weighted by molar-refractivity contribution is 5.73. The van der Waals surface area contributed by atoms with E-state index in [1.807, 2.05) is 24.0 Å². The van der Waals surface area contributed by atoms with Crippen LogP contribution in [0.5, 0.6) is 11.5 Å². The van der Waals surface area contributed by atoms with Gasteiger partial charge in [-0.05, 0) is 37.5 Å². The van der Waals surface area contributed by atoms with Crippen molar-refractivity contribution in [1.82, 2.24) is 10.2 Å². The number of hydrogen-bond donors (Lipinski definition) is 2. The van der Waals surface area contributed by atoms with Crippen molar-refractivity contribution >= 4 is 5.91 Å². The molecule has 2 N–H and O–H groups in total. The lowest BCUT2D eigenvalue weighted by Crippen LogP contribution is -2.43. The van der Waals surface area contributed by atoms with E-state index in [4.69, 9.17) is 4.74 Å². The molecule has 2 rings (SSSR count). The van der Waals surface area contributed by atoms with E-state index in [0.717, 1.165) is 38.0 Å². The molecule has 0 spiro atoms. The minimum absolute atomic E-state index is 0.161. The van der Waals surface area contributed by atoms with E-state index in [9.17, 15) is 9.90 Å². The van der Waals surface area contributed by atoms with Crippen LogP contribution in [0.1, 0.15) is 32.3 Å². The van der Waals surface area contributed by atoms with Crippen molar-refractivity contribution < 1.29 is 14.6 Å². The Morgan fingerprint density at radius 2 is 2.14 bits per heavy atom. The van der Waals surface area contributed by atoms with E-state index in [0.29, 0.717) is 18.4 Å². The van der Waals surface area contributed by atoms with Crippen molar-refractivity contribution in [1.29, 1.82) is 0 Å². The summed E-state index contributed by atoms with van der Waals surface area (Å²) in [6, 6.07) is 5.87. The molecule has 0 saturated carbocycles. The Hall–Kier alpha value is -1.75. The molecule has 0 aromatic heterocycles. The maximum absolute atomic E-state index is 11.3. The van der Waals surface area contributed by atoms with Gasteiger partial charge in [-0.3, -0.25) is 4.79 Å². The summed E-state index contributed by atoms with van der Waals surface area (Å²) < 4.78 is 5.39. The minimum atomic E-state index is 0.161. The standard InChI is InChI=1S/C16H24N2O3/c1-3-21-16-10-13(4-5-15(16)20)11-17-14-6-8-18(9-7-14)12(2)19/h4-5,10,14,17,20H,3,6-9,11H2,1-2H3. The third-order valence-corrected chi connectivity index (χ3v) is 3.86. The van der Waals surface area contributed by atoms with Crippen LogP contribution in [-0.4, -0.2) is 41.7 Å². The number of aromatic hydroxyl groups is 1. The van der Waals surface area contributed by atoms with Gasteiger partial charge in [-0.15, -0.1) is 0 Å². The van der Waals surface area contributed by atoms with Crippen molar-refractivity contribution in [3.05, 3.63) is 23.8 Å². The van der Waals surface area contributed by atoms with Crippen molar-refractivity contribution in [2.45, 2.75) is 39.3 Å². The van der Waals surface area contributed by atoms with Crippen molar-refractivity contribution in [3.63, 3.8) is 0 Å². The highest BCUT2D eigenvalue weighted by Gasteiger charge is 2.20. The first-order valence-corrected chi connectivity index (χ1v) is 7.53. The summed E-state index contributed by atoms with van der Waals surface area (Å²) in [6.07, 6.45) is 1.96. The summed E-state index contributed by atoms with van der Waals surface area (Å²) in [5.41, 5.74) is 1.09. The smallest absolute Gasteiger partial charge is 0.219 e. The van der Waals surface area contributed by atoms with Crippen LogP contribution in [0.15, 0.2) is 18.2 Å². The predicted octanol–water partition coefficient (Wildman–Crippen LogP) is 1.89. The van der Waals surface area contributed by atoms with E-state index in [2.05, 4.69) is 5.32 Å². The largest absolute Gasteiger partial charge is 0.504 e. The number of rotatable bonds is 5. The highest BCUT2D eigenvalue weighted by atomic mass is 16.5. The number of nitrogens with zero attached hydrogens (tertiary/aromatic N) is 1. The average Bonchev–Trinajstić information content (AvgIpc) is 2.48. The second-order valence-electron chi connectivity index (χ2n) is 5.40. The second kappa shape index (κ2) is 7.31. The first-order chi connectivity index (χ1) is 10.1. The lowest BCUT2D eigenvalue weighted by molar-refractivity contribution is -0.129. The molecule has 1 heterocycles. The van der Waals surface area contributed by atoms with Gasteiger partial charge in [0.2, 0.25) is 5.91 Å². The first kappa shape index (κ1) is 15.6. The summed E-state index contributed by atoms with van der Waals surface area (Å²) in [6.45, 7) is 6.45. The van der Waals surface area contributed by atoms with Crippen LogP contribution in [-0.2, 0) is 11.3 Å². The van der Waals surface area contributed by atoms with Gasteiger partial charge in [0.05, 0.1) is 6.61 Å². The van der Waals surface area contributed by atoms with Crippen LogP contribution in [0.3, 0.4) is 0 Å². The Morgan fingerprint density at radius 1 is 1.43 bits per heavy atom. The number of carbonyl (C=O) groups excluding carboxylic acids is 1. The average molecular weight is 292 g/mol. The van der Waals surface area contributed by atoms with Crippen LogP contribution in [0.2, 0.25) is 0 Å². The van der Waals surface area contributed by atoms with Gasteiger partial charge >= 0.3 is 0 Å². The zero-order valence-corrected chi connectivity index (χ0v) is 12.8. The summed E-state index contributed by atoms with van der Waals surface area (Å²) in [5.74, 6) is 0.868. The van der Waals surface area contributed by atoms with Gasteiger partial charge in [-0.25, -0.2) is 0 Å². The predicted molar refractivity (Wildman–Crippen MR) is 81.4 cm³/mol. The molecule has 0 atom stereocenters. The molecule has 1 saturated heterocycles. The molecule has 0 bridgehead atoms. The number of nitrogens with one attached hydrogen (secondary N) is 1. The summed E-state index contributed by atoms with van der Waals surface area (Å²) in [4.78, 5) is 13.2. The van der Waals surface area contributed by atoms with Crippen LogP contribution < -0.4 is 10.1 Å². The molecule has 1 aliphatic heterocycles.